The number of nitrogens with zero attached hydrogens (tertiary/aromatic N) is 1. The number of thioether (sulfide) groups is 1. The molecule has 1 atom stereocenters. The molecule has 0 spiro atoms. The fourth-order valence-corrected chi connectivity index (χ4v) is 4.36. The Balaban J connectivity index is 1.63. The number of hydrogen-bond donors (Lipinski definition) is 1. The van der Waals surface area contributed by atoms with Crippen LogP contribution >= 0.6 is 11.8 Å². The van der Waals surface area contributed by atoms with Gasteiger partial charge >= 0.3 is 0 Å². The lowest BCUT2D eigenvalue weighted by Gasteiger charge is -2.24. The standard InChI is InChI=1S/C22H26N2O2S/c1-2-3-14-23-21(26)18-9-11-19(12-10-18)22-24(20(25)16-27-22)15-13-17-7-5-4-6-8-17/h4-12,22H,2-3,13-16H2,1H3,(H,23,26). The minimum Gasteiger partial charge on any atom is -0.352 e. The van der Waals surface area contributed by atoms with Gasteiger partial charge in [0.15, 0.2) is 0 Å². The zero-order valence-corrected chi connectivity index (χ0v) is 16.5. The van der Waals surface area contributed by atoms with E-state index in [0.717, 1.165) is 24.8 Å². The van der Waals surface area contributed by atoms with Gasteiger partial charge in [0.25, 0.3) is 5.91 Å². The Morgan fingerprint density at radius 1 is 1.15 bits per heavy atom. The maximum Gasteiger partial charge on any atom is 0.251 e. The molecule has 1 aliphatic rings. The van der Waals surface area contributed by atoms with Crippen molar-refractivity contribution in [2.75, 3.05) is 18.8 Å². The monoisotopic (exact) mass is 382 g/mol. The number of benzene rings is 2. The molecule has 1 fully saturated rings. The Bertz CT molecular complexity index is 762. The highest BCUT2D eigenvalue weighted by Gasteiger charge is 2.32. The summed E-state index contributed by atoms with van der Waals surface area (Å²) in [5.41, 5.74) is 2.98. The minimum absolute atomic E-state index is 0.0263. The maximum absolute atomic E-state index is 12.3. The molecule has 1 aliphatic heterocycles. The largest absolute Gasteiger partial charge is 0.352 e. The summed E-state index contributed by atoms with van der Waals surface area (Å²) in [5.74, 6) is 0.659. The van der Waals surface area contributed by atoms with Crippen molar-refractivity contribution < 1.29 is 9.59 Å². The normalized spacial score (nSPS) is 16.6. The number of carbonyl (C=O) groups is 2. The summed E-state index contributed by atoms with van der Waals surface area (Å²) in [6.07, 6.45) is 2.90. The van der Waals surface area contributed by atoms with E-state index in [1.165, 1.54) is 5.56 Å². The second-order valence-electron chi connectivity index (χ2n) is 6.72. The van der Waals surface area contributed by atoms with Crippen LogP contribution in [0.5, 0.6) is 0 Å². The second kappa shape index (κ2) is 9.60. The van der Waals surface area contributed by atoms with Crippen LogP contribution in [0.4, 0.5) is 0 Å². The molecule has 0 aliphatic carbocycles. The van der Waals surface area contributed by atoms with E-state index in [0.29, 0.717) is 24.4 Å². The van der Waals surface area contributed by atoms with E-state index >= 15 is 0 Å². The molecule has 1 saturated heterocycles. The summed E-state index contributed by atoms with van der Waals surface area (Å²) in [6, 6.07) is 17.9. The van der Waals surface area contributed by atoms with Crippen molar-refractivity contribution >= 4 is 23.6 Å². The van der Waals surface area contributed by atoms with Gasteiger partial charge in [0.05, 0.1) is 5.75 Å². The van der Waals surface area contributed by atoms with E-state index < -0.39 is 0 Å². The zero-order valence-electron chi connectivity index (χ0n) is 15.7. The van der Waals surface area contributed by atoms with Crippen LogP contribution in [0.15, 0.2) is 54.6 Å². The molecule has 2 amide bonds. The molecular weight excluding hydrogens is 356 g/mol. The molecule has 4 nitrogen and oxygen atoms in total. The SMILES string of the molecule is CCCCNC(=O)c1ccc(C2SCC(=O)N2CCc2ccccc2)cc1. The van der Waals surface area contributed by atoms with Gasteiger partial charge in [0, 0.05) is 18.7 Å². The Hall–Kier alpha value is -2.27. The molecule has 27 heavy (non-hydrogen) atoms. The van der Waals surface area contributed by atoms with Crippen LogP contribution in [0.1, 0.15) is 46.6 Å². The fourth-order valence-electron chi connectivity index (χ4n) is 3.15. The lowest BCUT2D eigenvalue weighted by atomic mass is 10.1. The fraction of sp³-hybridized carbons (Fsp3) is 0.364. The molecule has 2 aromatic rings. The van der Waals surface area contributed by atoms with Crippen molar-refractivity contribution in [2.45, 2.75) is 31.6 Å². The lowest BCUT2D eigenvalue weighted by molar-refractivity contribution is -0.128. The quantitative estimate of drug-likeness (QED) is 0.701. The summed E-state index contributed by atoms with van der Waals surface area (Å²) in [5, 5.41) is 2.96. The lowest BCUT2D eigenvalue weighted by Crippen LogP contribution is -2.30. The third-order valence-electron chi connectivity index (χ3n) is 4.73. The molecule has 2 aromatic carbocycles. The number of unbranched alkanes of at least 4 members (excludes halogenated alkanes) is 1. The molecule has 0 bridgehead atoms. The number of hydrogen-bond acceptors (Lipinski definition) is 3. The topological polar surface area (TPSA) is 49.4 Å². The third kappa shape index (κ3) is 5.13. The minimum atomic E-state index is -0.0360. The van der Waals surface area contributed by atoms with Gasteiger partial charge in [0.1, 0.15) is 5.37 Å². The summed E-state index contributed by atoms with van der Waals surface area (Å²) in [7, 11) is 0. The van der Waals surface area contributed by atoms with E-state index in [1.807, 2.05) is 47.4 Å². The molecule has 142 valence electrons. The molecule has 0 aromatic heterocycles. The Morgan fingerprint density at radius 2 is 1.89 bits per heavy atom. The van der Waals surface area contributed by atoms with Crippen molar-refractivity contribution in [2.24, 2.45) is 0 Å². The van der Waals surface area contributed by atoms with Crippen LogP contribution in [0.2, 0.25) is 0 Å². The van der Waals surface area contributed by atoms with E-state index in [2.05, 4.69) is 24.4 Å². The third-order valence-corrected chi connectivity index (χ3v) is 5.98. The Morgan fingerprint density at radius 3 is 2.59 bits per heavy atom. The molecule has 5 heteroatoms. The van der Waals surface area contributed by atoms with Crippen LogP contribution in [0.3, 0.4) is 0 Å². The van der Waals surface area contributed by atoms with Crippen molar-refractivity contribution in [3.63, 3.8) is 0 Å². The highest BCUT2D eigenvalue weighted by Crippen LogP contribution is 2.38. The first kappa shape index (κ1) is 19.5. The molecular formula is C22H26N2O2S. The van der Waals surface area contributed by atoms with Crippen LogP contribution in [-0.2, 0) is 11.2 Å². The number of amides is 2. The number of rotatable bonds is 8. The van der Waals surface area contributed by atoms with Crippen LogP contribution in [0.25, 0.3) is 0 Å². The van der Waals surface area contributed by atoms with Crippen LogP contribution < -0.4 is 5.32 Å². The summed E-state index contributed by atoms with van der Waals surface area (Å²) in [4.78, 5) is 26.4. The molecule has 1 N–H and O–H groups in total. The first-order valence-electron chi connectivity index (χ1n) is 9.52. The molecule has 3 rings (SSSR count). The highest BCUT2D eigenvalue weighted by atomic mass is 32.2. The smallest absolute Gasteiger partial charge is 0.251 e. The van der Waals surface area contributed by atoms with Crippen molar-refractivity contribution in [1.82, 2.24) is 10.2 Å². The van der Waals surface area contributed by atoms with E-state index in [4.69, 9.17) is 0 Å². The first-order chi connectivity index (χ1) is 13.2. The van der Waals surface area contributed by atoms with Gasteiger partial charge in [0.2, 0.25) is 5.91 Å². The number of carbonyl (C=O) groups excluding carboxylic acids is 2. The van der Waals surface area contributed by atoms with Gasteiger partial charge in [-0.1, -0.05) is 55.8 Å². The van der Waals surface area contributed by atoms with Crippen LogP contribution in [-0.4, -0.2) is 35.6 Å². The van der Waals surface area contributed by atoms with Crippen LogP contribution in [0, 0.1) is 0 Å². The summed E-state index contributed by atoms with van der Waals surface area (Å²) < 4.78 is 0. The van der Waals surface area contributed by atoms with E-state index in [9.17, 15) is 9.59 Å². The van der Waals surface area contributed by atoms with Gasteiger partial charge in [-0.25, -0.2) is 0 Å². The van der Waals surface area contributed by atoms with E-state index in [1.54, 1.807) is 11.8 Å². The van der Waals surface area contributed by atoms with E-state index in [-0.39, 0.29) is 17.2 Å². The van der Waals surface area contributed by atoms with Gasteiger partial charge in [-0.05, 0) is 36.1 Å². The van der Waals surface area contributed by atoms with Gasteiger partial charge in [-0.15, -0.1) is 11.8 Å². The summed E-state index contributed by atoms with van der Waals surface area (Å²) >= 11 is 1.65. The Labute approximate surface area is 165 Å². The molecule has 0 radical (unpaired) electrons. The summed E-state index contributed by atoms with van der Waals surface area (Å²) in [6.45, 7) is 3.52. The molecule has 1 heterocycles. The average molecular weight is 383 g/mol. The Kier molecular flexibility index (Phi) is 6.93. The molecule has 1 unspecified atom stereocenters. The van der Waals surface area contributed by atoms with Crippen molar-refractivity contribution in [3.05, 3.63) is 71.3 Å². The van der Waals surface area contributed by atoms with Gasteiger partial charge < -0.3 is 10.2 Å². The second-order valence-corrected chi connectivity index (χ2v) is 7.79. The maximum atomic E-state index is 12.3. The average Bonchev–Trinajstić information content (AvgIpc) is 3.08. The first-order valence-corrected chi connectivity index (χ1v) is 10.6. The van der Waals surface area contributed by atoms with Crippen molar-refractivity contribution in [3.8, 4) is 0 Å². The zero-order chi connectivity index (χ0) is 19.1. The van der Waals surface area contributed by atoms with Gasteiger partial charge in [-0.2, -0.15) is 0 Å². The van der Waals surface area contributed by atoms with Gasteiger partial charge in [-0.3, -0.25) is 9.59 Å². The predicted molar refractivity (Wildman–Crippen MR) is 111 cm³/mol. The van der Waals surface area contributed by atoms with Crippen molar-refractivity contribution in [1.29, 1.82) is 0 Å². The predicted octanol–water partition coefficient (Wildman–Crippen LogP) is 4.03. The molecule has 0 saturated carbocycles. The highest BCUT2D eigenvalue weighted by molar-refractivity contribution is 8.00. The number of nitrogens with one attached hydrogen (secondary N) is 1.